The van der Waals surface area contributed by atoms with Gasteiger partial charge in [0, 0.05) is 10.2 Å². The van der Waals surface area contributed by atoms with Gasteiger partial charge in [-0.05, 0) is 38.1 Å². The van der Waals surface area contributed by atoms with Crippen LogP contribution < -0.4 is 5.73 Å². The minimum absolute atomic E-state index is 0.458. The first-order valence-corrected chi connectivity index (χ1v) is 5.91. The van der Waals surface area contributed by atoms with E-state index >= 15 is 0 Å². The molecule has 2 aromatic rings. The van der Waals surface area contributed by atoms with Crippen LogP contribution in [0.3, 0.4) is 0 Å². The van der Waals surface area contributed by atoms with Crippen LogP contribution in [-0.2, 0) is 0 Å². The van der Waals surface area contributed by atoms with Crippen molar-refractivity contribution >= 4 is 21.8 Å². The zero-order valence-electron chi connectivity index (χ0n) is 9.57. The molecule has 0 bridgehead atoms. The van der Waals surface area contributed by atoms with Gasteiger partial charge in [-0.1, -0.05) is 15.9 Å². The van der Waals surface area contributed by atoms with Gasteiger partial charge < -0.3 is 5.73 Å². The molecule has 17 heavy (non-hydrogen) atoms. The van der Waals surface area contributed by atoms with Crippen LogP contribution >= 0.6 is 15.9 Å². The Bertz CT molecular complexity index is 589. The van der Waals surface area contributed by atoms with E-state index < -0.39 is 5.91 Å². The Morgan fingerprint density at radius 3 is 2.59 bits per heavy atom. The number of rotatable bonds is 2. The van der Waals surface area contributed by atoms with Crippen LogP contribution in [0.15, 0.2) is 28.7 Å². The lowest BCUT2D eigenvalue weighted by Gasteiger charge is -2.09. The van der Waals surface area contributed by atoms with Gasteiger partial charge in [-0.25, -0.2) is 4.68 Å². The smallest absolute Gasteiger partial charge is 0.250 e. The van der Waals surface area contributed by atoms with Crippen molar-refractivity contribution < 1.29 is 4.79 Å². The minimum Gasteiger partial charge on any atom is -0.366 e. The Labute approximate surface area is 108 Å². The van der Waals surface area contributed by atoms with Gasteiger partial charge in [0.1, 0.15) is 0 Å². The van der Waals surface area contributed by atoms with Crippen molar-refractivity contribution in [1.29, 1.82) is 0 Å². The van der Waals surface area contributed by atoms with Gasteiger partial charge >= 0.3 is 0 Å². The largest absolute Gasteiger partial charge is 0.366 e. The van der Waals surface area contributed by atoms with Crippen LogP contribution in [-0.4, -0.2) is 15.7 Å². The highest BCUT2D eigenvalue weighted by molar-refractivity contribution is 9.10. The molecule has 1 aromatic carbocycles. The summed E-state index contributed by atoms with van der Waals surface area (Å²) in [4.78, 5) is 11.4. The summed E-state index contributed by atoms with van der Waals surface area (Å²) in [7, 11) is 0. The first-order valence-electron chi connectivity index (χ1n) is 5.12. The first-order chi connectivity index (χ1) is 7.99. The number of carbonyl (C=O) groups is 1. The molecule has 0 saturated heterocycles. The van der Waals surface area contributed by atoms with Gasteiger partial charge in [-0.2, -0.15) is 5.10 Å². The number of halogens is 1. The number of benzene rings is 1. The fourth-order valence-electron chi connectivity index (χ4n) is 1.76. The van der Waals surface area contributed by atoms with E-state index in [9.17, 15) is 4.79 Å². The van der Waals surface area contributed by atoms with Gasteiger partial charge in [0.05, 0.1) is 16.9 Å². The highest BCUT2D eigenvalue weighted by Crippen LogP contribution is 2.21. The highest BCUT2D eigenvalue weighted by atomic mass is 79.9. The molecule has 0 aliphatic carbocycles. The summed E-state index contributed by atoms with van der Waals surface area (Å²) in [6.45, 7) is 3.84. The van der Waals surface area contributed by atoms with E-state index in [4.69, 9.17) is 5.73 Å². The molecular formula is C12H12BrN3O. The average Bonchev–Trinajstić information content (AvgIpc) is 2.57. The zero-order valence-corrected chi connectivity index (χ0v) is 11.2. The lowest BCUT2D eigenvalue weighted by molar-refractivity contribution is 0.1000. The molecule has 0 radical (unpaired) electrons. The first kappa shape index (κ1) is 11.9. The van der Waals surface area contributed by atoms with Crippen molar-refractivity contribution in [1.82, 2.24) is 9.78 Å². The van der Waals surface area contributed by atoms with Gasteiger partial charge in [0.25, 0.3) is 5.91 Å². The van der Waals surface area contributed by atoms with Gasteiger partial charge in [0.15, 0.2) is 0 Å². The standard InChI is InChI=1S/C12H12BrN3O/c1-7-5-8(2)16(15-7)11-6-9(13)3-4-10(11)12(14)17/h3-6H,1-2H3,(H2,14,17). The summed E-state index contributed by atoms with van der Waals surface area (Å²) in [5, 5.41) is 4.35. The predicted octanol–water partition coefficient (Wildman–Crippen LogP) is 2.35. The second-order valence-electron chi connectivity index (χ2n) is 3.86. The molecule has 88 valence electrons. The Morgan fingerprint density at radius 1 is 1.35 bits per heavy atom. The average molecular weight is 294 g/mol. The van der Waals surface area contributed by atoms with E-state index in [0.29, 0.717) is 11.3 Å². The Morgan fingerprint density at radius 2 is 2.06 bits per heavy atom. The highest BCUT2D eigenvalue weighted by Gasteiger charge is 2.13. The van der Waals surface area contributed by atoms with Crippen molar-refractivity contribution in [3.05, 3.63) is 45.7 Å². The lowest BCUT2D eigenvalue weighted by atomic mass is 10.1. The van der Waals surface area contributed by atoms with Crippen LogP contribution in [0.4, 0.5) is 0 Å². The number of hydrogen-bond donors (Lipinski definition) is 1. The fraction of sp³-hybridized carbons (Fsp3) is 0.167. The van der Waals surface area contributed by atoms with Crippen LogP contribution in [0.2, 0.25) is 0 Å². The van der Waals surface area contributed by atoms with E-state index in [-0.39, 0.29) is 0 Å². The molecule has 1 aromatic heterocycles. The number of carbonyl (C=O) groups excluding carboxylic acids is 1. The third kappa shape index (κ3) is 2.24. The summed E-state index contributed by atoms with van der Waals surface area (Å²) in [6, 6.07) is 7.26. The molecule has 0 aliphatic rings. The van der Waals surface area contributed by atoms with Gasteiger partial charge in [-0.3, -0.25) is 4.79 Å². The topological polar surface area (TPSA) is 60.9 Å². The van der Waals surface area contributed by atoms with Crippen molar-refractivity contribution in [2.24, 2.45) is 5.73 Å². The molecule has 0 fully saturated rings. The summed E-state index contributed by atoms with van der Waals surface area (Å²) >= 11 is 3.38. The SMILES string of the molecule is Cc1cc(C)n(-c2cc(Br)ccc2C(N)=O)n1. The predicted molar refractivity (Wildman–Crippen MR) is 69.3 cm³/mol. The normalized spacial score (nSPS) is 10.5. The summed E-state index contributed by atoms with van der Waals surface area (Å²) in [5.74, 6) is -0.458. The third-order valence-electron chi connectivity index (χ3n) is 2.46. The maximum Gasteiger partial charge on any atom is 0.250 e. The van der Waals surface area contributed by atoms with E-state index in [2.05, 4.69) is 21.0 Å². The Kier molecular flexibility index (Phi) is 3.02. The number of primary amides is 1. The van der Waals surface area contributed by atoms with Crippen LogP contribution in [0, 0.1) is 13.8 Å². The van der Waals surface area contributed by atoms with E-state index in [1.54, 1.807) is 16.8 Å². The maximum absolute atomic E-state index is 11.4. The number of nitrogens with two attached hydrogens (primary N) is 1. The van der Waals surface area contributed by atoms with Crippen LogP contribution in [0.5, 0.6) is 0 Å². The van der Waals surface area contributed by atoms with Gasteiger partial charge in [0.2, 0.25) is 0 Å². The molecular weight excluding hydrogens is 282 g/mol. The monoisotopic (exact) mass is 293 g/mol. The molecule has 2 rings (SSSR count). The van der Waals surface area contributed by atoms with Crippen LogP contribution in [0.25, 0.3) is 5.69 Å². The third-order valence-corrected chi connectivity index (χ3v) is 2.96. The second-order valence-corrected chi connectivity index (χ2v) is 4.78. The molecule has 1 heterocycles. The number of nitrogens with zero attached hydrogens (tertiary/aromatic N) is 2. The molecule has 1 amide bonds. The molecule has 2 N–H and O–H groups in total. The van der Waals surface area contributed by atoms with E-state index in [1.165, 1.54) is 0 Å². The fourth-order valence-corrected chi connectivity index (χ4v) is 2.11. The summed E-state index contributed by atoms with van der Waals surface area (Å²) < 4.78 is 2.60. The van der Waals surface area contributed by atoms with Crippen molar-refractivity contribution in [2.75, 3.05) is 0 Å². The van der Waals surface area contributed by atoms with E-state index in [1.807, 2.05) is 26.0 Å². The maximum atomic E-state index is 11.4. The lowest BCUT2D eigenvalue weighted by Crippen LogP contribution is -2.15. The van der Waals surface area contributed by atoms with Crippen molar-refractivity contribution in [3.63, 3.8) is 0 Å². The molecule has 0 unspecified atom stereocenters. The zero-order chi connectivity index (χ0) is 12.6. The molecule has 0 atom stereocenters. The molecule has 5 heteroatoms. The summed E-state index contributed by atoms with van der Waals surface area (Å²) in [5.41, 5.74) is 8.38. The Hall–Kier alpha value is -1.62. The van der Waals surface area contributed by atoms with Crippen molar-refractivity contribution in [3.8, 4) is 5.69 Å². The number of amides is 1. The molecule has 0 saturated carbocycles. The minimum atomic E-state index is -0.458. The second kappa shape index (κ2) is 4.33. The quantitative estimate of drug-likeness (QED) is 0.924. The van der Waals surface area contributed by atoms with Crippen molar-refractivity contribution in [2.45, 2.75) is 13.8 Å². The molecule has 0 aliphatic heterocycles. The Balaban J connectivity index is 2.69. The molecule has 4 nitrogen and oxygen atoms in total. The van der Waals surface area contributed by atoms with Crippen LogP contribution in [0.1, 0.15) is 21.7 Å². The van der Waals surface area contributed by atoms with E-state index in [0.717, 1.165) is 15.9 Å². The number of aryl methyl sites for hydroxylation is 2. The number of aromatic nitrogens is 2. The number of hydrogen-bond acceptors (Lipinski definition) is 2. The summed E-state index contributed by atoms with van der Waals surface area (Å²) in [6.07, 6.45) is 0. The van der Waals surface area contributed by atoms with Gasteiger partial charge in [-0.15, -0.1) is 0 Å². The molecule has 0 spiro atoms.